The van der Waals surface area contributed by atoms with Crippen LogP contribution in [0.25, 0.3) is 0 Å². The predicted molar refractivity (Wildman–Crippen MR) is 76.7 cm³/mol. The van der Waals surface area contributed by atoms with Crippen LogP contribution in [0.4, 0.5) is 10.5 Å². The molecule has 19 heavy (non-hydrogen) atoms. The number of thioether (sulfide) groups is 1. The number of aliphatic carboxylic acids is 1. The minimum atomic E-state index is -1.02. The Hall–Kier alpha value is -1.69. The first-order valence-corrected chi connectivity index (χ1v) is 7.24. The molecule has 2 amide bonds. The smallest absolute Gasteiger partial charge is 0.326 e. The third-order valence-corrected chi connectivity index (χ3v) is 3.33. The Morgan fingerprint density at radius 1 is 1.37 bits per heavy atom. The first-order valence-electron chi connectivity index (χ1n) is 6.01. The second-order valence-corrected chi connectivity index (χ2v) is 4.83. The van der Waals surface area contributed by atoms with Gasteiger partial charge in [-0.1, -0.05) is 25.5 Å². The van der Waals surface area contributed by atoms with Crippen molar-refractivity contribution in [2.45, 2.75) is 30.7 Å². The fraction of sp³-hybridized carbons (Fsp3) is 0.385. The van der Waals surface area contributed by atoms with Crippen molar-refractivity contribution in [3.05, 3.63) is 24.3 Å². The van der Waals surface area contributed by atoms with E-state index in [4.69, 9.17) is 5.11 Å². The zero-order chi connectivity index (χ0) is 14.3. The lowest BCUT2D eigenvalue weighted by Gasteiger charge is -2.15. The van der Waals surface area contributed by atoms with Crippen molar-refractivity contribution < 1.29 is 14.7 Å². The van der Waals surface area contributed by atoms with E-state index in [0.717, 1.165) is 4.90 Å². The van der Waals surface area contributed by atoms with E-state index in [1.165, 1.54) is 11.8 Å². The van der Waals surface area contributed by atoms with Gasteiger partial charge in [-0.2, -0.15) is 0 Å². The summed E-state index contributed by atoms with van der Waals surface area (Å²) >= 11 is 1.51. The van der Waals surface area contributed by atoms with Crippen LogP contribution >= 0.6 is 11.8 Å². The number of anilines is 1. The van der Waals surface area contributed by atoms with Crippen LogP contribution in [0.5, 0.6) is 0 Å². The van der Waals surface area contributed by atoms with E-state index in [1.54, 1.807) is 6.07 Å². The van der Waals surface area contributed by atoms with Gasteiger partial charge in [0.25, 0.3) is 0 Å². The number of para-hydroxylation sites is 1. The van der Waals surface area contributed by atoms with Crippen molar-refractivity contribution in [1.29, 1.82) is 0 Å². The van der Waals surface area contributed by atoms with Gasteiger partial charge < -0.3 is 15.7 Å². The van der Waals surface area contributed by atoms with Crippen molar-refractivity contribution >= 4 is 29.4 Å². The van der Waals surface area contributed by atoms with Gasteiger partial charge >= 0.3 is 12.0 Å². The van der Waals surface area contributed by atoms with E-state index in [9.17, 15) is 9.59 Å². The van der Waals surface area contributed by atoms with Crippen LogP contribution in [-0.2, 0) is 4.79 Å². The molecule has 0 saturated heterocycles. The fourth-order valence-electron chi connectivity index (χ4n) is 1.61. The molecule has 0 aliphatic rings. The summed E-state index contributed by atoms with van der Waals surface area (Å²) in [6.07, 6.45) is 3.02. The Balaban J connectivity index is 2.66. The molecule has 0 aliphatic heterocycles. The molecule has 0 unspecified atom stereocenters. The number of carboxylic acids is 1. The number of amides is 2. The molecular weight excluding hydrogens is 264 g/mol. The number of hydrogen-bond donors (Lipinski definition) is 3. The topological polar surface area (TPSA) is 78.4 Å². The highest BCUT2D eigenvalue weighted by molar-refractivity contribution is 7.98. The first-order chi connectivity index (χ1) is 9.08. The summed E-state index contributed by atoms with van der Waals surface area (Å²) in [5.41, 5.74) is 0.674. The number of carbonyl (C=O) groups excluding carboxylic acids is 1. The lowest BCUT2D eigenvalue weighted by molar-refractivity contribution is -0.139. The van der Waals surface area contributed by atoms with Crippen LogP contribution in [0.2, 0.25) is 0 Å². The zero-order valence-corrected chi connectivity index (χ0v) is 11.8. The number of urea groups is 1. The van der Waals surface area contributed by atoms with E-state index in [-0.39, 0.29) is 0 Å². The Labute approximate surface area is 116 Å². The second kappa shape index (κ2) is 7.68. The third kappa shape index (κ3) is 4.82. The van der Waals surface area contributed by atoms with Crippen LogP contribution in [0.1, 0.15) is 19.8 Å². The van der Waals surface area contributed by atoms with E-state index in [0.29, 0.717) is 18.5 Å². The van der Waals surface area contributed by atoms with Gasteiger partial charge in [-0.3, -0.25) is 0 Å². The van der Waals surface area contributed by atoms with Crippen LogP contribution in [0, 0.1) is 0 Å². The quantitative estimate of drug-likeness (QED) is 0.701. The van der Waals surface area contributed by atoms with Gasteiger partial charge in [-0.05, 0) is 24.8 Å². The normalized spacial score (nSPS) is 11.7. The molecule has 0 radical (unpaired) electrons. The number of benzene rings is 1. The minimum Gasteiger partial charge on any atom is -0.480 e. The number of nitrogens with one attached hydrogen (secondary N) is 2. The van der Waals surface area contributed by atoms with Gasteiger partial charge in [0.05, 0.1) is 5.69 Å². The molecule has 0 fully saturated rings. The van der Waals surface area contributed by atoms with Crippen LogP contribution in [-0.4, -0.2) is 29.4 Å². The highest BCUT2D eigenvalue weighted by Crippen LogP contribution is 2.24. The molecule has 1 aromatic carbocycles. The van der Waals surface area contributed by atoms with Crippen LogP contribution < -0.4 is 10.6 Å². The molecular formula is C13H18N2O3S. The number of hydrogen-bond acceptors (Lipinski definition) is 3. The number of carboxylic acid groups (broad SMARTS) is 1. The first kappa shape index (κ1) is 15.4. The number of carbonyl (C=O) groups is 2. The van der Waals surface area contributed by atoms with Gasteiger partial charge in [-0.25, -0.2) is 9.59 Å². The lowest BCUT2D eigenvalue weighted by Crippen LogP contribution is -2.42. The highest BCUT2D eigenvalue weighted by Gasteiger charge is 2.18. The summed E-state index contributed by atoms with van der Waals surface area (Å²) in [7, 11) is 0. The summed E-state index contributed by atoms with van der Waals surface area (Å²) in [6, 6.07) is 6.01. The minimum absolute atomic E-state index is 0.410. The maximum Gasteiger partial charge on any atom is 0.326 e. The Morgan fingerprint density at radius 2 is 2.05 bits per heavy atom. The largest absolute Gasteiger partial charge is 0.480 e. The second-order valence-electron chi connectivity index (χ2n) is 3.98. The van der Waals surface area contributed by atoms with Crippen LogP contribution in [0.3, 0.4) is 0 Å². The number of rotatable bonds is 6. The molecule has 0 bridgehead atoms. The van der Waals surface area contributed by atoms with Gasteiger partial charge in [0.2, 0.25) is 0 Å². The summed E-state index contributed by atoms with van der Waals surface area (Å²) in [4.78, 5) is 23.7. The third-order valence-electron chi connectivity index (χ3n) is 2.54. The van der Waals surface area contributed by atoms with E-state index < -0.39 is 18.0 Å². The average molecular weight is 282 g/mol. The average Bonchev–Trinajstić information content (AvgIpc) is 2.38. The summed E-state index contributed by atoms with van der Waals surface area (Å²) in [5.74, 6) is -1.02. The predicted octanol–water partition coefficient (Wildman–Crippen LogP) is 2.78. The monoisotopic (exact) mass is 282 g/mol. The highest BCUT2D eigenvalue weighted by atomic mass is 32.2. The Morgan fingerprint density at radius 3 is 2.63 bits per heavy atom. The molecule has 0 saturated carbocycles. The molecule has 0 spiro atoms. The van der Waals surface area contributed by atoms with E-state index in [1.807, 2.05) is 31.4 Å². The van der Waals surface area contributed by atoms with E-state index >= 15 is 0 Å². The van der Waals surface area contributed by atoms with Gasteiger partial charge in [-0.15, -0.1) is 11.8 Å². The Kier molecular flexibility index (Phi) is 6.21. The molecule has 3 N–H and O–H groups in total. The Bertz CT molecular complexity index is 451. The summed E-state index contributed by atoms with van der Waals surface area (Å²) in [5, 5.41) is 14.1. The summed E-state index contributed by atoms with van der Waals surface area (Å²) in [6.45, 7) is 1.87. The summed E-state index contributed by atoms with van der Waals surface area (Å²) < 4.78 is 0. The standard InChI is InChI=1S/C13H18N2O3S/c1-3-6-10(12(16)17)15-13(18)14-9-7-4-5-8-11(9)19-2/h4-5,7-8,10H,3,6H2,1-2H3,(H,16,17)(H2,14,15,18)/t10-/m0/s1. The maximum absolute atomic E-state index is 11.8. The van der Waals surface area contributed by atoms with Gasteiger partial charge in [0.15, 0.2) is 0 Å². The zero-order valence-electron chi connectivity index (χ0n) is 11.0. The molecule has 1 aromatic rings. The maximum atomic E-state index is 11.8. The van der Waals surface area contributed by atoms with Crippen molar-refractivity contribution in [3.8, 4) is 0 Å². The fourth-order valence-corrected chi connectivity index (χ4v) is 2.16. The SMILES string of the molecule is CCC[C@H](NC(=O)Nc1ccccc1SC)C(=O)O. The van der Waals surface area contributed by atoms with Gasteiger partial charge in [0, 0.05) is 4.90 Å². The van der Waals surface area contributed by atoms with Crippen molar-refractivity contribution in [2.75, 3.05) is 11.6 Å². The molecule has 5 nitrogen and oxygen atoms in total. The van der Waals surface area contributed by atoms with Crippen molar-refractivity contribution in [1.82, 2.24) is 5.32 Å². The molecule has 0 heterocycles. The van der Waals surface area contributed by atoms with Crippen LogP contribution in [0.15, 0.2) is 29.2 Å². The molecule has 6 heteroatoms. The lowest BCUT2D eigenvalue weighted by atomic mass is 10.2. The molecule has 1 rings (SSSR count). The molecule has 0 aliphatic carbocycles. The molecule has 0 aromatic heterocycles. The molecule has 104 valence electrons. The van der Waals surface area contributed by atoms with Crippen molar-refractivity contribution in [2.24, 2.45) is 0 Å². The molecule has 1 atom stereocenters. The van der Waals surface area contributed by atoms with Crippen molar-refractivity contribution in [3.63, 3.8) is 0 Å². The van der Waals surface area contributed by atoms with Gasteiger partial charge in [0.1, 0.15) is 6.04 Å². The van der Waals surface area contributed by atoms with E-state index in [2.05, 4.69) is 10.6 Å².